The van der Waals surface area contributed by atoms with Gasteiger partial charge < -0.3 is 19.9 Å². The van der Waals surface area contributed by atoms with E-state index in [1.54, 1.807) is 0 Å². The van der Waals surface area contributed by atoms with Crippen molar-refractivity contribution >= 4 is 12.1 Å². The van der Waals surface area contributed by atoms with Gasteiger partial charge in [0.15, 0.2) is 6.04 Å². The molecule has 3 rings (SSSR count). The third kappa shape index (κ3) is 4.28. The number of hydrogen-bond donors (Lipinski definition) is 2. The number of fused-ring (bicyclic) bond motifs is 3. The van der Waals surface area contributed by atoms with Gasteiger partial charge in [-0.05, 0) is 28.7 Å². The summed E-state index contributed by atoms with van der Waals surface area (Å²) in [5, 5.41) is 11.6. The van der Waals surface area contributed by atoms with Crippen molar-refractivity contribution < 1.29 is 24.2 Å². The van der Waals surface area contributed by atoms with Gasteiger partial charge in [0.25, 0.3) is 0 Å². The van der Waals surface area contributed by atoms with E-state index in [2.05, 4.69) is 17.4 Å². The van der Waals surface area contributed by atoms with Crippen molar-refractivity contribution in [2.24, 2.45) is 0 Å². The number of carboxylic acids is 1. The molecule has 0 saturated heterocycles. The second-order valence-corrected chi connectivity index (χ2v) is 6.44. The van der Waals surface area contributed by atoms with Crippen molar-refractivity contribution in [1.82, 2.24) is 5.32 Å². The van der Waals surface area contributed by atoms with E-state index < -0.39 is 18.1 Å². The average Bonchev–Trinajstić information content (AvgIpc) is 2.99. The van der Waals surface area contributed by atoms with Gasteiger partial charge in [-0.3, -0.25) is 0 Å². The topological polar surface area (TPSA) is 84.9 Å². The Hall–Kier alpha value is -2.86. The van der Waals surface area contributed by atoms with Crippen LogP contribution in [-0.2, 0) is 14.3 Å². The molecule has 0 spiro atoms. The number of carbonyl (C=O) groups excluding carboxylic acids is 1. The summed E-state index contributed by atoms with van der Waals surface area (Å²) in [6.45, 7) is 2.42. The molecule has 0 bridgehead atoms. The Morgan fingerprint density at radius 1 is 1.07 bits per heavy atom. The number of carboxylic acid groups (broad SMARTS) is 1. The van der Waals surface area contributed by atoms with E-state index in [1.165, 1.54) is 0 Å². The molecule has 2 N–H and O–H groups in total. The highest BCUT2D eigenvalue weighted by Crippen LogP contribution is 2.44. The Bertz CT molecular complexity index is 774. The maximum absolute atomic E-state index is 12.1. The van der Waals surface area contributed by atoms with Gasteiger partial charge in [-0.1, -0.05) is 55.5 Å². The molecule has 1 aliphatic rings. The van der Waals surface area contributed by atoms with Crippen LogP contribution in [0.5, 0.6) is 0 Å². The Morgan fingerprint density at radius 2 is 1.67 bits per heavy atom. The molecule has 0 fully saturated rings. The van der Waals surface area contributed by atoms with Crippen LogP contribution in [0.25, 0.3) is 11.1 Å². The molecule has 1 atom stereocenters. The number of hydrogen-bond acceptors (Lipinski definition) is 4. The summed E-state index contributed by atoms with van der Waals surface area (Å²) in [5.74, 6) is -1.22. The largest absolute Gasteiger partial charge is 0.480 e. The molecular weight excluding hydrogens is 346 g/mol. The predicted octanol–water partition coefficient (Wildman–Crippen LogP) is 3.40. The summed E-state index contributed by atoms with van der Waals surface area (Å²) in [5.41, 5.74) is 4.48. The number of benzene rings is 2. The SMILES string of the molecule is CCCOC[C@H](NC(=O)OCC1c2ccccc2-c2ccccc21)C(=O)O. The van der Waals surface area contributed by atoms with Crippen LogP contribution in [0.2, 0.25) is 0 Å². The van der Waals surface area contributed by atoms with Crippen LogP contribution < -0.4 is 5.32 Å². The zero-order valence-corrected chi connectivity index (χ0v) is 15.2. The lowest BCUT2D eigenvalue weighted by Crippen LogP contribution is -2.44. The van der Waals surface area contributed by atoms with E-state index in [0.717, 1.165) is 28.7 Å². The highest BCUT2D eigenvalue weighted by Gasteiger charge is 2.29. The summed E-state index contributed by atoms with van der Waals surface area (Å²) in [4.78, 5) is 23.4. The lowest BCUT2D eigenvalue weighted by atomic mass is 9.98. The molecule has 142 valence electrons. The number of aliphatic carboxylic acids is 1. The first-order valence-corrected chi connectivity index (χ1v) is 9.04. The van der Waals surface area contributed by atoms with E-state index in [9.17, 15) is 14.7 Å². The molecule has 0 aliphatic heterocycles. The van der Waals surface area contributed by atoms with Gasteiger partial charge >= 0.3 is 12.1 Å². The zero-order valence-electron chi connectivity index (χ0n) is 15.2. The molecule has 0 unspecified atom stereocenters. The average molecular weight is 369 g/mol. The van der Waals surface area contributed by atoms with Gasteiger partial charge in [0.2, 0.25) is 0 Å². The molecule has 0 heterocycles. The first kappa shape index (κ1) is 18.9. The van der Waals surface area contributed by atoms with Crippen molar-refractivity contribution in [1.29, 1.82) is 0 Å². The van der Waals surface area contributed by atoms with Gasteiger partial charge in [-0.25, -0.2) is 9.59 Å². The predicted molar refractivity (Wildman–Crippen MR) is 101 cm³/mol. The van der Waals surface area contributed by atoms with Crippen LogP contribution in [0.1, 0.15) is 30.4 Å². The second kappa shape index (κ2) is 8.68. The standard InChI is InChI=1S/C21H23NO5/c1-2-11-26-13-19(20(23)24)22-21(25)27-12-18-16-9-5-3-7-14(16)15-8-4-6-10-17(15)18/h3-10,18-19H,2,11-13H2,1H3,(H,22,25)(H,23,24)/t19-/m0/s1. The summed E-state index contributed by atoms with van der Waals surface area (Å²) in [6, 6.07) is 14.9. The highest BCUT2D eigenvalue weighted by atomic mass is 16.5. The van der Waals surface area contributed by atoms with Gasteiger partial charge in [0.1, 0.15) is 6.61 Å². The van der Waals surface area contributed by atoms with Crippen molar-refractivity contribution in [3.8, 4) is 11.1 Å². The first-order valence-electron chi connectivity index (χ1n) is 9.04. The van der Waals surface area contributed by atoms with Crippen LogP contribution in [0.15, 0.2) is 48.5 Å². The molecule has 0 saturated carbocycles. The van der Waals surface area contributed by atoms with Crippen LogP contribution in [-0.4, -0.2) is 43.0 Å². The van der Waals surface area contributed by atoms with Gasteiger partial charge in [0.05, 0.1) is 6.61 Å². The number of carbonyl (C=O) groups is 2. The van der Waals surface area contributed by atoms with E-state index in [0.29, 0.717) is 6.61 Å². The fraction of sp³-hybridized carbons (Fsp3) is 0.333. The van der Waals surface area contributed by atoms with Gasteiger partial charge in [-0.2, -0.15) is 0 Å². The minimum Gasteiger partial charge on any atom is -0.480 e. The van der Waals surface area contributed by atoms with E-state index in [4.69, 9.17) is 9.47 Å². The number of amides is 1. The molecule has 6 nitrogen and oxygen atoms in total. The Kier molecular flexibility index (Phi) is 6.08. The van der Waals surface area contributed by atoms with Gasteiger partial charge in [0, 0.05) is 12.5 Å². The molecule has 0 radical (unpaired) electrons. The van der Waals surface area contributed by atoms with Crippen LogP contribution >= 0.6 is 0 Å². The highest BCUT2D eigenvalue weighted by molar-refractivity contribution is 5.81. The molecule has 1 aliphatic carbocycles. The van der Waals surface area contributed by atoms with Crippen molar-refractivity contribution in [2.45, 2.75) is 25.3 Å². The number of ether oxygens (including phenoxy) is 2. The molecule has 1 amide bonds. The zero-order chi connectivity index (χ0) is 19.2. The quantitative estimate of drug-likeness (QED) is 0.697. The fourth-order valence-corrected chi connectivity index (χ4v) is 3.30. The number of nitrogens with one attached hydrogen (secondary N) is 1. The van der Waals surface area contributed by atoms with Crippen molar-refractivity contribution in [3.63, 3.8) is 0 Å². The minimum absolute atomic E-state index is 0.0669. The number of rotatable bonds is 8. The third-order valence-electron chi connectivity index (χ3n) is 4.57. The minimum atomic E-state index is -1.15. The molecule has 2 aromatic carbocycles. The van der Waals surface area contributed by atoms with Crippen molar-refractivity contribution in [3.05, 3.63) is 59.7 Å². The normalized spacial score (nSPS) is 13.5. The molecule has 6 heteroatoms. The van der Waals surface area contributed by atoms with Crippen LogP contribution in [0.4, 0.5) is 4.79 Å². The summed E-state index contributed by atoms with van der Waals surface area (Å²) in [7, 11) is 0. The van der Waals surface area contributed by atoms with Crippen LogP contribution in [0.3, 0.4) is 0 Å². The fourth-order valence-electron chi connectivity index (χ4n) is 3.30. The van der Waals surface area contributed by atoms with Crippen LogP contribution in [0, 0.1) is 0 Å². The summed E-state index contributed by atoms with van der Waals surface area (Å²) < 4.78 is 10.6. The van der Waals surface area contributed by atoms with Crippen molar-refractivity contribution in [2.75, 3.05) is 19.8 Å². The Labute approximate surface area is 158 Å². The molecule has 0 aromatic heterocycles. The van der Waals surface area contributed by atoms with E-state index in [1.807, 2.05) is 43.3 Å². The second-order valence-electron chi connectivity index (χ2n) is 6.44. The Morgan fingerprint density at radius 3 is 2.22 bits per heavy atom. The maximum Gasteiger partial charge on any atom is 0.407 e. The molecular formula is C21H23NO5. The summed E-state index contributed by atoms with van der Waals surface area (Å²) in [6.07, 6.45) is 0.0152. The summed E-state index contributed by atoms with van der Waals surface area (Å²) >= 11 is 0. The third-order valence-corrected chi connectivity index (χ3v) is 4.57. The monoisotopic (exact) mass is 369 g/mol. The molecule has 2 aromatic rings. The van der Waals surface area contributed by atoms with E-state index >= 15 is 0 Å². The number of alkyl carbamates (subject to hydrolysis) is 1. The molecule has 27 heavy (non-hydrogen) atoms. The maximum atomic E-state index is 12.1. The van der Waals surface area contributed by atoms with E-state index in [-0.39, 0.29) is 19.1 Å². The lowest BCUT2D eigenvalue weighted by molar-refractivity contribution is -0.141. The Balaban J connectivity index is 1.64. The lowest BCUT2D eigenvalue weighted by Gasteiger charge is -2.17. The first-order chi connectivity index (χ1) is 13.1. The smallest absolute Gasteiger partial charge is 0.407 e. The van der Waals surface area contributed by atoms with Gasteiger partial charge in [-0.15, -0.1) is 0 Å².